The van der Waals surface area contributed by atoms with Crippen molar-refractivity contribution in [3.63, 3.8) is 0 Å². The third kappa shape index (κ3) is 3.72. The highest BCUT2D eigenvalue weighted by Gasteiger charge is 2.30. The highest BCUT2D eigenvalue weighted by molar-refractivity contribution is 5.66. The van der Waals surface area contributed by atoms with Crippen molar-refractivity contribution in [1.82, 2.24) is 0 Å². The quantitative estimate of drug-likeness (QED) is 0.818. The molecule has 0 amide bonds. The lowest BCUT2D eigenvalue weighted by molar-refractivity contribution is -0.137. The fourth-order valence-corrected chi connectivity index (χ4v) is 2.19. The third-order valence-corrected chi connectivity index (χ3v) is 3.43. The fraction of sp³-hybridized carbons (Fsp3) is 0.467. The van der Waals surface area contributed by atoms with E-state index >= 15 is 0 Å². The maximum atomic E-state index is 10.6. The summed E-state index contributed by atoms with van der Waals surface area (Å²) in [6, 6.07) is 9.80. The van der Waals surface area contributed by atoms with Gasteiger partial charge >= 0.3 is 5.97 Å². The summed E-state index contributed by atoms with van der Waals surface area (Å²) < 4.78 is 5.18. The second kappa shape index (κ2) is 6.79. The van der Waals surface area contributed by atoms with E-state index in [1.54, 1.807) is 7.11 Å². The van der Waals surface area contributed by atoms with E-state index < -0.39 is 11.4 Å². The van der Waals surface area contributed by atoms with Crippen molar-refractivity contribution in [3.05, 3.63) is 29.8 Å². The van der Waals surface area contributed by atoms with Gasteiger partial charge in [-0.25, -0.2) is 0 Å². The van der Waals surface area contributed by atoms with Gasteiger partial charge in [0.05, 0.1) is 18.6 Å². The van der Waals surface area contributed by atoms with Crippen molar-refractivity contribution in [1.29, 1.82) is 5.26 Å². The van der Waals surface area contributed by atoms with Crippen LogP contribution < -0.4 is 4.74 Å². The van der Waals surface area contributed by atoms with Crippen molar-refractivity contribution in [3.8, 4) is 11.8 Å². The molecule has 0 aromatic heterocycles. The molecule has 19 heavy (non-hydrogen) atoms. The van der Waals surface area contributed by atoms with Crippen molar-refractivity contribution in [2.24, 2.45) is 0 Å². The van der Waals surface area contributed by atoms with Crippen LogP contribution in [-0.2, 0) is 10.2 Å². The lowest BCUT2D eigenvalue weighted by Gasteiger charge is -2.25. The lowest BCUT2D eigenvalue weighted by atomic mass is 9.75. The number of carboxylic acids is 1. The maximum absolute atomic E-state index is 10.6. The molecule has 4 nitrogen and oxygen atoms in total. The van der Waals surface area contributed by atoms with Crippen LogP contribution in [0.25, 0.3) is 0 Å². The molecule has 0 aliphatic carbocycles. The second-order valence-electron chi connectivity index (χ2n) is 4.53. The first-order valence-electron chi connectivity index (χ1n) is 6.35. The van der Waals surface area contributed by atoms with Gasteiger partial charge in [-0.2, -0.15) is 5.26 Å². The van der Waals surface area contributed by atoms with E-state index in [0.717, 1.165) is 5.56 Å². The number of aliphatic carboxylic acids is 1. The van der Waals surface area contributed by atoms with Crippen LogP contribution in [0.15, 0.2) is 24.3 Å². The average Bonchev–Trinajstić information content (AvgIpc) is 2.44. The number of ether oxygens (including phenoxy) is 1. The van der Waals surface area contributed by atoms with E-state index in [2.05, 4.69) is 6.07 Å². The molecule has 0 aliphatic rings. The highest BCUT2D eigenvalue weighted by atomic mass is 16.5. The Hall–Kier alpha value is -2.02. The van der Waals surface area contributed by atoms with E-state index in [1.165, 1.54) is 0 Å². The van der Waals surface area contributed by atoms with Gasteiger partial charge in [0.2, 0.25) is 0 Å². The summed E-state index contributed by atoms with van der Waals surface area (Å²) in [5, 5.41) is 18.2. The molecule has 0 bridgehead atoms. The van der Waals surface area contributed by atoms with Gasteiger partial charge in [-0.05, 0) is 37.0 Å². The second-order valence-corrected chi connectivity index (χ2v) is 4.53. The number of rotatable bonds is 7. The van der Waals surface area contributed by atoms with Crippen LogP contribution in [-0.4, -0.2) is 18.2 Å². The molecule has 4 heteroatoms. The summed E-state index contributed by atoms with van der Waals surface area (Å²) in [6.07, 6.45) is 1.77. The molecular formula is C15H19NO3. The Bertz CT molecular complexity index is 479. The van der Waals surface area contributed by atoms with Crippen LogP contribution in [0.1, 0.15) is 38.2 Å². The Morgan fingerprint density at radius 3 is 2.79 bits per heavy atom. The minimum atomic E-state index is -0.825. The molecule has 0 heterocycles. The number of methoxy groups -OCH3 is 1. The molecule has 1 N–H and O–H groups in total. The van der Waals surface area contributed by atoms with Crippen molar-refractivity contribution >= 4 is 5.97 Å². The predicted octanol–water partition coefficient (Wildman–Crippen LogP) is 3.12. The Morgan fingerprint density at radius 1 is 1.53 bits per heavy atom. The van der Waals surface area contributed by atoms with Crippen LogP contribution in [0.2, 0.25) is 0 Å². The zero-order valence-electron chi connectivity index (χ0n) is 11.3. The average molecular weight is 261 g/mol. The first-order valence-corrected chi connectivity index (χ1v) is 6.35. The van der Waals surface area contributed by atoms with Gasteiger partial charge < -0.3 is 9.84 Å². The van der Waals surface area contributed by atoms with E-state index in [0.29, 0.717) is 25.0 Å². The Morgan fingerprint density at radius 2 is 2.26 bits per heavy atom. The fourth-order valence-electron chi connectivity index (χ4n) is 2.19. The van der Waals surface area contributed by atoms with Gasteiger partial charge in [0.1, 0.15) is 5.75 Å². The SMILES string of the molecule is CCC(C#N)(CCCC(=O)O)c1cccc(OC)c1. The maximum Gasteiger partial charge on any atom is 0.303 e. The van der Waals surface area contributed by atoms with Crippen LogP contribution in [0.3, 0.4) is 0 Å². The van der Waals surface area contributed by atoms with Crippen molar-refractivity contribution in [2.75, 3.05) is 7.11 Å². The zero-order valence-corrected chi connectivity index (χ0v) is 11.3. The molecule has 0 radical (unpaired) electrons. The van der Waals surface area contributed by atoms with E-state index in [1.807, 2.05) is 31.2 Å². The zero-order chi connectivity index (χ0) is 14.3. The Kier molecular flexibility index (Phi) is 5.37. The van der Waals surface area contributed by atoms with E-state index in [4.69, 9.17) is 9.84 Å². The monoisotopic (exact) mass is 261 g/mol. The molecule has 0 aliphatic heterocycles. The smallest absolute Gasteiger partial charge is 0.303 e. The van der Waals surface area contributed by atoms with Gasteiger partial charge in [-0.1, -0.05) is 19.1 Å². The Labute approximate surface area is 113 Å². The first-order chi connectivity index (χ1) is 9.07. The normalized spacial score (nSPS) is 13.3. The highest BCUT2D eigenvalue weighted by Crippen LogP contribution is 2.34. The topological polar surface area (TPSA) is 70.3 Å². The molecule has 1 rings (SSSR count). The van der Waals surface area contributed by atoms with Gasteiger partial charge in [0.15, 0.2) is 0 Å². The Balaban J connectivity index is 2.97. The molecule has 1 unspecified atom stereocenters. The lowest BCUT2D eigenvalue weighted by Crippen LogP contribution is -2.23. The summed E-state index contributed by atoms with van der Waals surface area (Å²) in [4.78, 5) is 10.6. The van der Waals surface area contributed by atoms with Gasteiger partial charge in [0.25, 0.3) is 0 Å². The number of carboxylic acid groups (broad SMARTS) is 1. The van der Waals surface area contributed by atoms with Crippen LogP contribution >= 0.6 is 0 Å². The van der Waals surface area contributed by atoms with Crippen molar-refractivity contribution < 1.29 is 14.6 Å². The molecule has 1 atom stereocenters. The third-order valence-electron chi connectivity index (χ3n) is 3.43. The standard InChI is InChI=1S/C15H19NO3/c1-3-15(11-16,9-5-8-14(17)18)12-6-4-7-13(10-12)19-2/h4,6-7,10H,3,5,8-9H2,1-2H3,(H,17,18). The predicted molar refractivity (Wildman–Crippen MR) is 72.1 cm³/mol. The molecule has 0 saturated heterocycles. The molecule has 0 saturated carbocycles. The van der Waals surface area contributed by atoms with Crippen LogP contribution in [0.5, 0.6) is 5.75 Å². The number of hydrogen-bond acceptors (Lipinski definition) is 3. The molecule has 0 spiro atoms. The largest absolute Gasteiger partial charge is 0.497 e. The minimum absolute atomic E-state index is 0.0907. The van der Waals surface area contributed by atoms with Gasteiger partial charge in [0, 0.05) is 6.42 Å². The first kappa shape index (κ1) is 15.0. The molecule has 102 valence electrons. The number of nitrogens with zero attached hydrogens (tertiary/aromatic N) is 1. The van der Waals surface area contributed by atoms with E-state index in [9.17, 15) is 10.1 Å². The molecule has 0 fully saturated rings. The molecule has 1 aromatic rings. The van der Waals surface area contributed by atoms with Crippen molar-refractivity contribution in [2.45, 2.75) is 38.0 Å². The number of benzene rings is 1. The summed E-state index contributed by atoms with van der Waals surface area (Å²) in [6.45, 7) is 1.95. The minimum Gasteiger partial charge on any atom is -0.497 e. The number of hydrogen-bond donors (Lipinski definition) is 1. The molecule has 1 aromatic carbocycles. The van der Waals surface area contributed by atoms with Crippen LogP contribution in [0.4, 0.5) is 0 Å². The molecular weight excluding hydrogens is 242 g/mol. The summed E-state index contributed by atoms with van der Waals surface area (Å²) in [7, 11) is 1.59. The van der Waals surface area contributed by atoms with Gasteiger partial charge in [-0.3, -0.25) is 4.79 Å². The number of carbonyl (C=O) groups is 1. The van der Waals surface area contributed by atoms with Crippen LogP contribution in [0, 0.1) is 11.3 Å². The summed E-state index contributed by atoms with van der Waals surface area (Å²) >= 11 is 0. The van der Waals surface area contributed by atoms with E-state index in [-0.39, 0.29) is 6.42 Å². The summed E-state index contributed by atoms with van der Waals surface area (Å²) in [5.74, 6) is -0.114. The van der Waals surface area contributed by atoms with Gasteiger partial charge in [-0.15, -0.1) is 0 Å². The number of nitriles is 1. The summed E-state index contributed by atoms with van der Waals surface area (Å²) in [5.41, 5.74) is 0.256.